The number of halogens is 1. The average molecular weight is 252 g/mol. The molecule has 0 radical (unpaired) electrons. The summed E-state index contributed by atoms with van der Waals surface area (Å²) in [6.45, 7) is 0. The molecule has 6 nitrogen and oxygen atoms in total. The fourth-order valence-electron chi connectivity index (χ4n) is 1.09. The normalized spacial score (nSPS) is 9.94. The first kappa shape index (κ1) is 11.3. The van der Waals surface area contributed by atoms with E-state index in [0.717, 1.165) is 0 Å². The molecule has 0 bridgehead atoms. The zero-order chi connectivity index (χ0) is 12.3. The molecular weight excluding hydrogens is 246 g/mol. The number of carboxylic acids is 1. The SMILES string of the molecule is O=C(O)c1ccncc1Oc1ncc(Cl)cn1. The maximum atomic E-state index is 10.9. The second kappa shape index (κ2) is 4.75. The van der Waals surface area contributed by atoms with E-state index in [1.165, 1.54) is 30.9 Å². The van der Waals surface area contributed by atoms with Crippen LogP contribution >= 0.6 is 11.6 Å². The van der Waals surface area contributed by atoms with E-state index >= 15 is 0 Å². The van der Waals surface area contributed by atoms with Gasteiger partial charge in [0.2, 0.25) is 0 Å². The highest BCUT2D eigenvalue weighted by Gasteiger charge is 2.12. The molecular formula is C10H6ClN3O3. The summed E-state index contributed by atoms with van der Waals surface area (Å²) in [6.07, 6.45) is 5.34. The third kappa shape index (κ3) is 2.67. The number of nitrogens with zero attached hydrogens (tertiary/aromatic N) is 3. The molecule has 0 spiro atoms. The van der Waals surface area contributed by atoms with Crippen molar-refractivity contribution in [3.05, 3.63) is 41.4 Å². The smallest absolute Gasteiger partial charge is 0.339 e. The fourth-order valence-corrected chi connectivity index (χ4v) is 1.19. The van der Waals surface area contributed by atoms with Gasteiger partial charge in [0.15, 0.2) is 5.75 Å². The topological polar surface area (TPSA) is 85.2 Å². The largest absolute Gasteiger partial charge is 0.478 e. The van der Waals surface area contributed by atoms with Gasteiger partial charge in [0.25, 0.3) is 0 Å². The number of pyridine rings is 1. The standard InChI is InChI=1S/C10H6ClN3O3/c11-6-3-13-10(14-4-6)17-8-5-12-2-1-7(8)9(15)16/h1-5H,(H,15,16). The van der Waals surface area contributed by atoms with E-state index in [0.29, 0.717) is 5.02 Å². The minimum absolute atomic E-state index is 0.00454. The third-order valence-electron chi connectivity index (χ3n) is 1.81. The first-order valence-corrected chi connectivity index (χ1v) is 4.87. The van der Waals surface area contributed by atoms with Gasteiger partial charge in [-0.1, -0.05) is 11.6 Å². The minimum Gasteiger partial charge on any atom is -0.478 e. The molecule has 0 saturated carbocycles. The highest BCUT2D eigenvalue weighted by Crippen LogP contribution is 2.21. The molecule has 0 amide bonds. The highest BCUT2D eigenvalue weighted by molar-refractivity contribution is 6.30. The zero-order valence-corrected chi connectivity index (χ0v) is 9.13. The van der Waals surface area contributed by atoms with Crippen molar-refractivity contribution in [3.63, 3.8) is 0 Å². The van der Waals surface area contributed by atoms with Crippen molar-refractivity contribution in [2.45, 2.75) is 0 Å². The van der Waals surface area contributed by atoms with Gasteiger partial charge < -0.3 is 9.84 Å². The molecule has 2 rings (SSSR count). The van der Waals surface area contributed by atoms with Crippen LogP contribution < -0.4 is 4.74 Å². The van der Waals surface area contributed by atoms with Gasteiger partial charge >= 0.3 is 12.0 Å². The molecule has 0 aliphatic heterocycles. The van der Waals surface area contributed by atoms with Crippen LogP contribution in [-0.4, -0.2) is 26.0 Å². The van der Waals surface area contributed by atoms with E-state index in [1.807, 2.05) is 0 Å². The lowest BCUT2D eigenvalue weighted by molar-refractivity contribution is 0.0694. The van der Waals surface area contributed by atoms with Gasteiger partial charge in [-0.15, -0.1) is 0 Å². The average Bonchev–Trinajstić information content (AvgIpc) is 2.32. The first-order chi connectivity index (χ1) is 8.16. The number of ether oxygens (including phenoxy) is 1. The number of aromatic nitrogens is 3. The number of aromatic carboxylic acids is 1. The van der Waals surface area contributed by atoms with Crippen LogP contribution in [0.15, 0.2) is 30.9 Å². The molecule has 7 heteroatoms. The summed E-state index contributed by atoms with van der Waals surface area (Å²) >= 11 is 5.61. The van der Waals surface area contributed by atoms with E-state index in [-0.39, 0.29) is 17.3 Å². The van der Waals surface area contributed by atoms with E-state index in [4.69, 9.17) is 21.4 Å². The van der Waals surface area contributed by atoms with Crippen molar-refractivity contribution < 1.29 is 14.6 Å². The first-order valence-electron chi connectivity index (χ1n) is 4.49. The number of hydrogen-bond donors (Lipinski definition) is 1. The van der Waals surface area contributed by atoms with Crippen molar-refractivity contribution in [2.24, 2.45) is 0 Å². The van der Waals surface area contributed by atoms with Gasteiger partial charge in [0.1, 0.15) is 5.56 Å². The number of carbonyl (C=O) groups is 1. The van der Waals surface area contributed by atoms with Gasteiger partial charge in [-0.05, 0) is 6.07 Å². The quantitative estimate of drug-likeness (QED) is 0.898. The molecule has 0 unspecified atom stereocenters. The van der Waals surface area contributed by atoms with Gasteiger partial charge in [-0.25, -0.2) is 14.8 Å². The molecule has 2 aromatic rings. The van der Waals surface area contributed by atoms with Crippen molar-refractivity contribution in [2.75, 3.05) is 0 Å². The fraction of sp³-hybridized carbons (Fsp3) is 0. The molecule has 0 atom stereocenters. The second-order valence-corrected chi connectivity index (χ2v) is 3.40. The Morgan fingerprint density at radius 3 is 2.65 bits per heavy atom. The summed E-state index contributed by atoms with van der Waals surface area (Å²) in [4.78, 5) is 22.2. The summed E-state index contributed by atoms with van der Waals surface area (Å²) < 4.78 is 5.20. The van der Waals surface area contributed by atoms with Crippen molar-refractivity contribution in [1.29, 1.82) is 0 Å². The molecule has 0 saturated heterocycles. The van der Waals surface area contributed by atoms with Crippen molar-refractivity contribution >= 4 is 17.6 Å². The molecule has 2 aromatic heterocycles. The van der Waals surface area contributed by atoms with Crippen molar-refractivity contribution in [1.82, 2.24) is 15.0 Å². The van der Waals surface area contributed by atoms with E-state index in [2.05, 4.69) is 15.0 Å². The summed E-state index contributed by atoms with van der Waals surface area (Å²) in [5.74, 6) is -1.04. The van der Waals surface area contributed by atoms with Gasteiger partial charge in [-0.3, -0.25) is 4.98 Å². The predicted octanol–water partition coefficient (Wildman–Crippen LogP) is 2.02. The third-order valence-corrected chi connectivity index (χ3v) is 2.01. The van der Waals surface area contributed by atoms with Gasteiger partial charge in [0.05, 0.1) is 23.6 Å². The van der Waals surface area contributed by atoms with E-state index in [9.17, 15) is 4.79 Å². The Morgan fingerprint density at radius 1 is 1.29 bits per heavy atom. The Kier molecular flexibility index (Phi) is 3.15. The second-order valence-electron chi connectivity index (χ2n) is 2.96. The van der Waals surface area contributed by atoms with Crippen molar-refractivity contribution in [3.8, 4) is 11.8 Å². The maximum absolute atomic E-state index is 10.9. The summed E-state index contributed by atoms with van der Waals surface area (Å²) in [6, 6.07) is 1.33. The maximum Gasteiger partial charge on any atom is 0.339 e. The molecule has 0 aliphatic rings. The lowest BCUT2D eigenvalue weighted by Gasteiger charge is -2.05. The predicted molar refractivity (Wildman–Crippen MR) is 58.3 cm³/mol. The Morgan fingerprint density at radius 2 is 2.00 bits per heavy atom. The van der Waals surface area contributed by atoms with E-state index in [1.54, 1.807) is 0 Å². The summed E-state index contributed by atoms with van der Waals surface area (Å²) in [5.41, 5.74) is -0.0152. The van der Waals surface area contributed by atoms with Crippen LogP contribution in [-0.2, 0) is 0 Å². The molecule has 0 aliphatic carbocycles. The molecule has 2 heterocycles. The Balaban J connectivity index is 2.30. The monoisotopic (exact) mass is 251 g/mol. The molecule has 17 heavy (non-hydrogen) atoms. The highest BCUT2D eigenvalue weighted by atomic mass is 35.5. The van der Waals surface area contributed by atoms with Gasteiger partial charge in [0, 0.05) is 6.20 Å². The van der Waals surface area contributed by atoms with Gasteiger partial charge in [-0.2, -0.15) is 0 Å². The summed E-state index contributed by atoms with van der Waals surface area (Å²) in [5, 5.41) is 9.28. The van der Waals surface area contributed by atoms with Crippen LogP contribution in [0.3, 0.4) is 0 Å². The Labute approximate surface area is 101 Å². The minimum atomic E-state index is -1.11. The lowest BCUT2D eigenvalue weighted by atomic mass is 10.2. The van der Waals surface area contributed by atoms with E-state index < -0.39 is 5.97 Å². The van der Waals surface area contributed by atoms with Crippen LogP contribution in [0.4, 0.5) is 0 Å². The molecule has 86 valence electrons. The molecule has 0 fully saturated rings. The number of carboxylic acid groups (broad SMARTS) is 1. The van der Waals surface area contributed by atoms with Crippen LogP contribution in [0.25, 0.3) is 0 Å². The van der Waals surface area contributed by atoms with Crippen LogP contribution in [0, 0.1) is 0 Å². The molecule has 1 N–H and O–H groups in total. The number of hydrogen-bond acceptors (Lipinski definition) is 5. The van der Waals surface area contributed by atoms with Crippen LogP contribution in [0.1, 0.15) is 10.4 Å². The van der Waals surface area contributed by atoms with Crippen LogP contribution in [0.2, 0.25) is 5.02 Å². The zero-order valence-electron chi connectivity index (χ0n) is 8.37. The van der Waals surface area contributed by atoms with Crippen LogP contribution in [0.5, 0.6) is 11.8 Å². The molecule has 0 aromatic carbocycles. The summed E-state index contributed by atoms with van der Waals surface area (Å²) in [7, 11) is 0. The Hall–Kier alpha value is -2.21. The lowest BCUT2D eigenvalue weighted by Crippen LogP contribution is -2.01. The Bertz CT molecular complexity index is 545. The number of rotatable bonds is 3.